The maximum Gasteiger partial charge on any atom is 0.317 e. The third kappa shape index (κ3) is 5.74. The molecular formula is C18H34N4O3S2. The highest BCUT2D eigenvalue weighted by Crippen LogP contribution is 2.36. The molecule has 0 radical (unpaired) electrons. The smallest absolute Gasteiger partial charge is 0.317 e. The number of thioether (sulfide) groups is 1. The van der Waals surface area contributed by atoms with Crippen molar-refractivity contribution in [1.82, 2.24) is 19.8 Å². The van der Waals surface area contributed by atoms with E-state index in [2.05, 4.69) is 14.9 Å². The van der Waals surface area contributed by atoms with E-state index < -0.39 is 10.0 Å². The lowest BCUT2D eigenvalue weighted by Crippen LogP contribution is -2.59. The van der Waals surface area contributed by atoms with Gasteiger partial charge in [0, 0.05) is 55.8 Å². The summed E-state index contributed by atoms with van der Waals surface area (Å²) in [5.74, 6) is 2.36. The van der Waals surface area contributed by atoms with Crippen LogP contribution in [0, 0.1) is 0 Å². The summed E-state index contributed by atoms with van der Waals surface area (Å²) in [6.45, 7) is 3.95. The standard InChI is InChI=1S/C18H34N4O3S2/c1-27(24,25)20-14-16-6-2-5-9-22(16)17(23)19-15-18(7-3-4-8-18)21-10-12-26-13-11-21/h16,20H,2-15H2,1H3,(H,19,23). The first-order valence-corrected chi connectivity index (χ1v) is 13.3. The quantitative estimate of drug-likeness (QED) is 0.683. The van der Waals surface area contributed by atoms with Crippen LogP contribution in [0.25, 0.3) is 0 Å². The molecule has 3 fully saturated rings. The third-order valence-corrected chi connectivity index (χ3v) is 7.89. The van der Waals surface area contributed by atoms with Gasteiger partial charge in [-0.2, -0.15) is 11.8 Å². The monoisotopic (exact) mass is 418 g/mol. The van der Waals surface area contributed by atoms with Crippen LogP contribution in [-0.2, 0) is 10.0 Å². The average Bonchev–Trinajstić information content (AvgIpc) is 3.15. The van der Waals surface area contributed by atoms with Crippen LogP contribution >= 0.6 is 11.8 Å². The predicted octanol–water partition coefficient (Wildman–Crippen LogP) is 1.46. The molecule has 2 saturated heterocycles. The molecule has 1 aliphatic carbocycles. The van der Waals surface area contributed by atoms with Gasteiger partial charge in [0.05, 0.1) is 6.26 Å². The summed E-state index contributed by atoms with van der Waals surface area (Å²) in [5, 5.41) is 3.22. The Hall–Kier alpha value is -0.510. The first kappa shape index (κ1) is 21.2. The lowest BCUT2D eigenvalue weighted by atomic mass is 9.94. The van der Waals surface area contributed by atoms with E-state index in [9.17, 15) is 13.2 Å². The average molecular weight is 419 g/mol. The van der Waals surface area contributed by atoms with Gasteiger partial charge in [-0.3, -0.25) is 4.90 Å². The van der Waals surface area contributed by atoms with Gasteiger partial charge >= 0.3 is 6.03 Å². The van der Waals surface area contributed by atoms with Crippen LogP contribution in [-0.4, -0.2) is 86.3 Å². The maximum absolute atomic E-state index is 12.9. The van der Waals surface area contributed by atoms with Crippen LogP contribution in [0.2, 0.25) is 0 Å². The van der Waals surface area contributed by atoms with Crippen LogP contribution in [0.1, 0.15) is 44.9 Å². The van der Waals surface area contributed by atoms with E-state index in [-0.39, 0.29) is 17.6 Å². The molecule has 0 spiro atoms. The van der Waals surface area contributed by atoms with Gasteiger partial charge in [0.25, 0.3) is 0 Å². The highest BCUT2D eigenvalue weighted by Gasteiger charge is 2.40. The molecule has 1 atom stereocenters. The summed E-state index contributed by atoms with van der Waals surface area (Å²) in [5.41, 5.74) is 0.118. The third-order valence-electron chi connectivity index (χ3n) is 6.25. The second-order valence-electron chi connectivity index (χ2n) is 8.15. The molecule has 2 heterocycles. The van der Waals surface area contributed by atoms with E-state index in [1.54, 1.807) is 0 Å². The Labute approximate surface area is 168 Å². The van der Waals surface area contributed by atoms with Crippen molar-refractivity contribution in [3.05, 3.63) is 0 Å². The fourth-order valence-electron chi connectivity index (χ4n) is 4.75. The van der Waals surface area contributed by atoms with Crippen LogP contribution < -0.4 is 10.0 Å². The second kappa shape index (κ2) is 9.33. The van der Waals surface area contributed by atoms with Gasteiger partial charge in [0.2, 0.25) is 10.0 Å². The van der Waals surface area contributed by atoms with Gasteiger partial charge in [-0.15, -0.1) is 0 Å². The molecule has 7 nitrogen and oxygen atoms in total. The Balaban J connectivity index is 1.58. The topological polar surface area (TPSA) is 81.8 Å². The molecule has 2 amide bonds. The number of amides is 2. The maximum atomic E-state index is 12.9. The number of hydrogen-bond acceptors (Lipinski definition) is 5. The number of rotatable bonds is 6. The minimum absolute atomic E-state index is 0.0346. The van der Waals surface area contributed by atoms with Gasteiger partial charge in [-0.25, -0.2) is 17.9 Å². The number of urea groups is 1. The summed E-state index contributed by atoms with van der Waals surface area (Å²) in [6.07, 6.45) is 8.85. The first-order valence-electron chi connectivity index (χ1n) is 10.2. The number of nitrogens with one attached hydrogen (secondary N) is 2. The number of carbonyl (C=O) groups excluding carboxylic acids is 1. The predicted molar refractivity (Wildman–Crippen MR) is 111 cm³/mol. The van der Waals surface area contributed by atoms with Gasteiger partial charge in [0.15, 0.2) is 0 Å². The van der Waals surface area contributed by atoms with E-state index in [1.165, 1.54) is 30.6 Å². The molecule has 0 bridgehead atoms. The summed E-state index contributed by atoms with van der Waals surface area (Å²) < 4.78 is 25.4. The summed E-state index contributed by atoms with van der Waals surface area (Å²) in [7, 11) is -3.24. The minimum atomic E-state index is -3.24. The van der Waals surface area contributed by atoms with E-state index in [0.29, 0.717) is 19.6 Å². The number of nitrogens with zero attached hydrogens (tertiary/aromatic N) is 2. The lowest BCUT2D eigenvalue weighted by Gasteiger charge is -2.44. The Morgan fingerprint density at radius 1 is 1.11 bits per heavy atom. The van der Waals surface area contributed by atoms with Gasteiger partial charge in [-0.05, 0) is 32.1 Å². The van der Waals surface area contributed by atoms with Crippen LogP contribution in [0.4, 0.5) is 4.79 Å². The van der Waals surface area contributed by atoms with Gasteiger partial charge in [0.1, 0.15) is 0 Å². The molecule has 3 rings (SSSR count). The number of carbonyl (C=O) groups is 1. The molecule has 9 heteroatoms. The Morgan fingerprint density at radius 2 is 1.81 bits per heavy atom. The fourth-order valence-corrected chi connectivity index (χ4v) is 6.14. The van der Waals surface area contributed by atoms with Crippen molar-refractivity contribution in [2.75, 3.05) is 50.5 Å². The highest BCUT2D eigenvalue weighted by molar-refractivity contribution is 7.99. The molecule has 1 saturated carbocycles. The van der Waals surface area contributed by atoms with Crippen molar-refractivity contribution >= 4 is 27.8 Å². The number of hydrogen-bond donors (Lipinski definition) is 2. The molecule has 0 aromatic rings. The van der Waals surface area contributed by atoms with Gasteiger partial charge < -0.3 is 10.2 Å². The van der Waals surface area contributed by atoms with Crippen molar-refractivity contribution in [1.29, 1.82) is 0 Å². The normalized spacial score (nSPS) is 26.9. The largest absolute Gasteiger partial charge is 0.336 e. The molecule has 2 N–H and O–H groups in total. The van der Waals surface area contributed by atoms with E-state index in [0.717, 1.165) is 45.2 Å². The summed E-state index contributed by atoms with van der Waals surface area (Å²) in [6, 6.07) is -0.0907. The molecule has 0 aromatic heterocycles. The van der Waals surface area contributed by atoms with Crippen molar-refractivity contribution in [2.24, 2.45) is 0 Å². The number of sulfonamides is 1. The fraction of sp³-hybridized carbons (Fsp3) is 0.944. The van der Waals surface area contributed by atoms with E-state index >= 15 is 0 Å². The van der Waals surface area contributed by atoms with Crippen molar-refractivity contribution in [2.45, 2.75) is 56.5 Å². The second-order valence-corrected chi connectivity index (χ2v) is 11.2. The van der Waals surface area contributed by atoms with Gasteiger partial charge in [-0.1, -0.05) is 12.8 Å². The SMILES string of the molecule is CS(=O)(=O)NCC1CCCCN1C(=O)NCC1(N2CCSCC2)CCCC1. The van der Waals surface area contributed by atoms with E-state index in [1.807, 2.05) is 16.7 Å². The zero-order chi connectivity index (χ0) is 19.3. The summed E-state index contributed by atoms with van der Waals surface area (Å²) >= 11 is 2.02. The minimum Gasteiger partial charge on any atom is -0.336 e. The molecule has 1 unspecified atom stereocenters. The molecule has 0 aromatic carbocycles. The van der Waals surface area contributed by atoms with Crippen molar-refractivity contribution in [3.8, 4) is 0 Å². The van der Waals surface area contributed by atoms with Crippen LogP contribution in [0.3, 0.4) is 0 Å². The molecular weight excluding hydrogens is 384 g/mol. The van der Waals surface area contributed by atoms with Crippen LogP contribution in [0.15, 0.2) is 0 Å². The van der Waals surface area contributed by atoms with E-state index in [4.69, 9.17) is 0 Å². The molecule has 2 aliphatic heterocycles. The Kier molecular flexibility index (Phi) is 7.32. The molecule has 27 heavy (non-hydrogen) atoms. The number of likely N-dealkylation sites (tertiary alicyclic amines) is 1. The zero-order valence-electron chi connectivity index (χ0n) is 16.4. The highest BCUT2D eigenvalue weighted by atomic mass is 32.2. The number of piperidine rings is 1. The zero-order valence-corrected chi connectivity index (χ0v) is 18.0. The molecule has 3 aliphatic rings. The molecule has 156 valence electrons. The van der Waals surface area contributed by atoms with Crippen LogP contribution in [0.5, 0.6) is 0 Å². The summed E-state index contributed by atoms with van der Waals surface area (Å²) in [4.78, 5) is 17.4. The Bertz CT molecular complexity index is 602. The van der Waals surface area contributed by atoms with Crippen molar-refractivity contribution in [3.63, 3.8) is 0 Å². The Morgan fingerprint density at radius 3 is 2.48 bits per heavy atom. The first-order chi connectivity index (χ1) is 12.9. The lowest BCUT2D eigenvalue weighted by molar-refractivity contribution is 0.0972. The van der Waals surface area contributed by atoms with Crippen molar-refractivity contribution < 1.29 is 13.2 Å².